The Bertz CT molecular complexity index is 1420. The van der Waals surface area contributed by atoms with Gasteiger partial charge in [0.15, 0.2) is 0 Å². The molecule has 1 atom stereocenters. The van der Waals surface area contributed by atoms with E-state index in [9.17, 15) is 9.59 Å². The molecule has 1 saturated carbocycles. The highest BCUT2D eigenvalue weighted by molar-refractivity contribution is 5.97. The van der Waals surface area contributed by atoms with Gasteiger partial charge in [-0.2, -0.15) is 0 Å². The van der Waals surface area contributed by atoms with E-state index in [1.165, 1.54) is 29.6 Å². The largest absolute Gasteiger partial charge is 0.481 e. The number of unbranched alkanes of at least 4 members (excludes halogenated alkanes) is 1. The number of aromatic nitrogens is 2. The Morgan fingerprint density at radius 2 is 1.82 bits per heavy atom. The number of carbonyl (C=O) groups excluding carboxylic acids is 1. The van der Waals surface area contributed by atoms with E-state index in [1.54, 1.807) is 0 Å². The lowest BCUT2D eigenvalue weighted by Gasteiger charge is -2.19. The lowest BCUT2D eigenvalue weighted by Crippen LogP contribution is -2.27. The molecule has 38 heavy (non-hydrogen) atoms. The number of nitrogens with one attached hydrogen (secondary N) is 1. The van der Waals surface area contributed by atoms with E-state index in [1.807, 2.05) is 18.2 Å². The highest BCUT2D eigenvalue weighted by Gasteiger charge is 2.23. The fourth-order valence-electron chi connectivity index (χ4n) is 5.05. The number of carboxylic acids is 1. The van der Waals surface area contributed by atoms with E-state index in [-0.39, 0.29) is 12.3 Å². The minimum atomic E-state index is -0.786. The second-order valence-corrected chi connectivity index (χ2v) is 10.7. The number of carboxylic acid groups (broad SMARTS) is 1. The zero-order valence-corrected chi connectivity index (χ0v) is 22.2. The van der Waals surface area contributed by atoms with E-state index < -0.39 is 5.97 Å². The van der Waals surface area contributed by atoms with E-state index in [4.69, 9.17) is 15.1 Å². The van der Waals surface area contributed by atoms with Crippen molar-refractivity contribution in [2.45, 2.75) is 64.7 Å². The number of amides is 1. The molecule has 5 rings (SSSR count). The smallest absolute Gasteiger partial charge is 0.303 e. The molecule has 196 valence electrons. The molecule has 1 unspecified atom stereocenters. The number of aryl methyl sites for hydroxylation is 1. The molecule has 0 aliphatic heterocycles. The van der Waals surface area contributed by atoms with Crippen molar-refractivity contribution in [1.29, 1.82) is 0 Å². The van der Waals surface area contributed by atoms with Crippen LogP contribution < -0.4 is 5.32 Å². The zero-order valence-electron chi connectivity index (χ0n) is 22.2. The molecule has 1 heterocycles. The molecule has 0 radical (unpaired) electrons. The summed E-state index contributed by atoms with van der Waals surface area (Å²) in [4.78, 5) is 33.9. The van der Waals surface area contributed by atoms with Gasteiger partial charge >= 0.3 is 5.97 Å². The van der Waals surface area contributed by atoms with Crippen LogP contribution in [0.3, 0.4) is 0 Å². The normalized spacial score (nSPS) is 17.2. The number of hydrogen-bond donors (Lipinski definition) is 2. The predicted molar refractivity (Wildman–Crippen MR) is 150 cm³/mol. The lowest BCUT2D eigenvalue weighted by atomic mass is 9.90. The van der Waals surface area contributed by atoms with Crippen molar-refractivity contribution in [3.05, 3.63) is 82.6 Å². The highest BCUT2D eigenvalue weighted by atomic mass is 16.4. The summed E-state index contributed by atoms with van der Waals surface area (Å²) < 4.78 is 0. The minimum absolute atomic E-state index is 0.128. The van der Waals surface area contributed by atoms with Crippen molar-refractivity contribution >= 4 is 22.9 Å². The van der Waals surface area contributed by atoms with Gasteiger partial charge in [-0.3, -0.25) is 9.59 Å². The molecule has 0 saturated heterocycles. The molecule has 1 amide bonds. The maximum Gasteiger partial charge on any atom is 0.303 e. The summed E-state index contributed by atoms with van der Waals surface area (Å²) in [5, 5.41) is 12.1. The number of rotatable bonds is 10. The molecular weight excluding hydrogens is 474 g/mol. The first-order valence-corrected chi connectivity index (χ1v) is 13.7. The van der Waals surface area contributed by atoms with Crippen LogP contribution in [0.15, 0.2) is 65.8 Å². The second kappa shape index (κ2) is 11.3. The predicted octanol–water partition coefficient (Wildman–Crippen LogP) is 6.61. The third-order valence-electron chi connectivity index (χ3n) is 7.58. The van der Waals surface area contributed by atoms with Crippen LogP contribution in [-0.2, 0) is 11.2 Å². The van der Waals surface area contributed by atoms with Crippen LogP contribution in [0, 0.1) is 5.92 Å². The first kappa shape index (κ1) is 25.8. The van der Waals surface area contributed by atoms with Crippen molar-refractivity contribution in [2.75, 3.05) is 6.54 Å². The van der Waals surface area contributed by atoms with Crippen molar-refractivity contribution in [3.63, 3.8) is 0 Å². The van der Waals surface area contributed by atoms with Crippen molar-refractivity contribution in [2.24, 2.45) is 5.92 Å². The summed E-state index contributed by atoms with van der Waals surface area (Å²) in [6.45, 7) is 4.80. The van der Waals surface area contributed by atoms with Crippen LogP contribution >= 0.6 is 0 Å². The Labute approximate surface area is 223 Å². The van der Waals surface area contributed by atoms with Crippen molar-refractivity contribution in [1.82, 2.24) is 15.3 Å². The van der Waals surface area contributed by atoms with Gasteiger partial charge in [0.2, 0.25) is 0 Å². The summed E-state index contributed by atoms with van der Waals surface area (Å²) in [6, 6.07) is 14.1. The van der Waals surface area contributed by atoms with E-state index in [0.29, 0.717) is 48.7 Å². The highest BCUT2D eigenvalue weighted by Crippen LogP contribution is 2.40. The van der Waals surface area contributed by atoms with Gasteiger partial charge in [-0.05, 0) is 86.6 Å². The van der Waals surface area contributed by atoms with Crippen molar-refractivity contribution in [3.8, 4) is 11.3 Å². The molecule has 1 fully saturated rings. The summed E-state index contributed by atoms with van der Waals surface area (Å²) in [7, 11) is 0. The van der Waals surface area contributed by atoms with E-state index >= 15 is 0 Å². The van der Waals surface area contributed by atoms with Gasteiger partial charge in [0.05, 0.1) is 22.4 Å². The van der Waals surface area contributed by atoms with Crippen LogP contribution in [-0.4, -0.2) is 33.5 Å². The number of nitrogens with zero attached hydrogens (tertiary/aromatic N) is 2. The number of aliphatic carboxylic acids is 1. The minimum Gasteiger partial charge on any atom is -0.481 e. The monoisotopic (exact) mass is 509 g/mol. The van der Waals surface area contributed by atoms with Crippen LogP contribution in [0.1, 0.15) is 79.9 Å². The van der Waals surface area contributed by atoms with Gasteiger partial charge in [0, 0.05) is 24.1 Å². The van der Waals surface area contributed by atoms with Gasteiger partial charge < -0.3 is 10.4 Å². The Balaban J connectivity index is 1.39. The molecule has 2 aliphatic rings. The molecule has 6 heteroatoms. The first-order chi connectivity index (χ1) is 18.4. The second-order valence-electron chi connectivity index (χ2n) is 10.7. The number of carbonyl (C=O) groups is 2. The lowest BCUT2D eigenvalue weighted by molar-refractivity contribution is -0.137. The maximum absolute atomic E-state index is 13.0. The number of allylic oxidation sites excluding steroid dienone is 3. The Morgan fingerprint density at radius 1 is 1.03 bits per heavy atom. The van der Waals surface area contributed by atoms with E-state index in [0.717, 1.165) is 28.9 Å². The molecule has 2 aromatic carbocycles. The van der Waals surface area contributed by atoms with Crippen LogP contribution in [0.5, 0.6) is 0 Å². The third kappa shape index (κ3) is 6.18. The quantitative estimate of drug-likeness (QED) is 0.300. The zero-order chi connectivity index (χ0) is 26.6. The average molecular weight is 510 g/mol. The molecule has 2 N–H and O–H groups in total. The third-order valence-corrected chi connectivity index (χ3v) is 7.58. The summed E-state index contributed by atoms with van der Waals surface area (Å²) in [6.07, 6.45) is 9.97. The molecule has 0 bridgehead atoms. The molecular formula is C32H35N3O3. The Morgan fingerprint density at radius 3 is 2.55 bits per heavy atom. The Kier molecular flexibility index (Phi) is 7.68. The molecule has 0 spiro atoms. The van der Waals surface area contributed by atoms with Gasteiger partial charge in [-0.25, -0.2) is 9.97 Å². The molecule has 2 aliphatic carbocycles. The van der Waals surface area contributed by atoms with Gasteiger partial charge in [0.1, 0.15) is 0 Å². The Hall–Kier alpha value is -3.80. The molecule has 3 aromatic rings. The maximum atomic E-state index is 13.0. The molecule has 1 aromatic heterocycles. The molecule has 6 nitrogen and oxygen atoms in total. The van der Waals surface area contributed by atoms with Gasteiger partial charge in [-0.1, -0.05) is 48.9 Å². The fourth-order valence-corrected chi connectivity index (χ4v) is 5.05. The van der Waals surface area contributed by atoms with Crippen LogP contribution in [0.2, 0.25) is 0 Å². The van der Waals surface area contributed by atoms with Crippen LogP contribution in [0.25, 0.3) is 22.3 Å². The van der Waals surface area contributed by atoms with E-state index in [2.05, 4.69) is 55.6 Å². The number of benzene rings is 2. The summed E-state index contributed by atoms with van der Waals surface area (Å²) >= 11 is 0. The SMILES string of the molecule is CC1=CCC(C)C(CNC(=O)c2ccc3nc(-c4ccc(C5CC5)cc4)c(CCCCC(=O)O)nc3c2)=C1. The van der Waals surface area contributed by atoms with Crippen LogP contribution in [0.4, 0.5) is 0 Å². The first-order valence-electron chi connectivity index (χ1n) is 13.7. The standard InChI is InChI=1S/C32H35N3O3/c1-20-7-8-21(2)26(17-20)19-33-32(38)25-15-16-27-29(18-25)34-28(5-3-4-6-30(36)37)31(35-27)24-13-11-23(12-14-24)22-9-10-22/h7,11-18,21-22H,3-6,8-10,19H2,1-2H3,(H,33,38)(H,36,37). The van der Waals surface area contributed by atoms with Crippen molar-refractivity contribution < 1.29 is 14.7 Å². The van der Waals surface area contributed by atoms with Gasteiger partial charge in [-0.15, -0.1) is 0 Å². The summed E-state index contributed by atoms with van der Waals surface area (Å²) in [5.74, 6) is 0.189. The number of fused-ring (bicyclic) bond motifs is 1. The summed E-state index contributed by atoms with van der Waals surface area (Å²) in [5.41, 5.74) is 8.49. The van der Waals surface area contributed by atoms with Gasteiger partial charge in [0.25, 0.3) is 5.91 Å². The fraction of sp³-hybridized carbons (Fsp3) is 0.375. The number of hydrogen-bond acceptors (Lipinski definition) is 4. The topological polar surface area (TPSA) is 92.2 Å². The average Bonchev–Trinajstić information content (AvgIpc) is 3.76.